The normalized spacial score (nSPS) is 15.1. The van der Waals surface area contributed by atoms with Crippen molar-refractivity contribution in [2.45, 2.75) is 340 Å². The predicted octanol–water partition coefficient (Wildman–Crippen LogP) is 16.8. The second kappa shape index (κ2) is 58.8. The van der Waals surface area contributed by atoms with Gasteiger partial charge in [0.2, 0.25) is 0 Å². The van der Waals surface area contributed by atoms with Crippen molar-refractivity contribution < 1.29 is 58.2 Å². The number of carbonyl (C=O) groups is 5. The molecule has 3 fully saturated rings. The molecule has 0 aliphatic heterocycles. The predicted molar refractivity (Wildman–Crippen MR) is 347 cm³/mol. The maximum Gasteiger partial charge on any atom is 0.308 e. The van der Waals surface area contributed by atoms with Crippen molar-refractivity contribution in [1.82, 2.24) is 9.80 Å². The van der Waals surface area contributed by atoms with E-state index in [0.29, 0.717) is 39.3 Å². The van der Waals surface area contributed by atoms with Crippen molar-refractivity contribution >= 4 is 29.8 Å². The van der Waals surface area contributed by atoms with Gasteiger partial charge in [0.05, 0.1) is 31.0 Å². The zero-order valence-electron chi connectivity index (χ0n) is 55.6. The van der Waals surface area contributed by atoms with Gasteiger partial charge in [-0.1, -0.05) is 186 Å². The Hall–Kier alpha value is -2.81. The lowest BCUT2D eigenvalue weighted by atomic mass is 9.89. The van der Waals surface area contributed by atoms with Crippen molar-refractivity contribution in [3.8, 4) is 0 Å². The summed E-state index contributed by atoms with van der Waals surface area (Å²) in [6.07, 6.45) is 55.5. The SMILES string of the molecule is CN(C)CCCC(=O)OC(CCCCCCCCCO)CCCCCCCCCO.CN(C)CCCC(=O)OC(CCCCCCCCCOC(=O)C1CCCCC1)CCCCCCCCCOC(=O)C1CCCCC1.O=C(O)C1CCCCC1. The lowest BCUT2D eigenvalue weighted by Crippen LogP contribution is -2.20. The van der Waals surface area contributed by atoms with Gasteiger partial charge in [0.25, 0.3) is 0 Å². The Bertz CT molecular complexity index is 1480. The number of carboxylic acid groups (broad SMARTS) is 1. The first-order chi connectivity index (χ1) is 41.4. The van der Waals surface area contributed by atoms with E-state index in [4.69, 9.17) is 34.3 Å². The first kappa shape index (κ1) is 80.2. The molecule has 3 aliphatic rings. The van der Waals surface area contributed by atoms with Crippen LogP contribution < -0.4 is 0 Å². The summed E-state index contributed by atoms with van der Waals surface area (Å²) in [6.45, 7) is 3.61. The van der Waals surface area contributed by atoms with Gasteiger partial charge in [0, 0.05) is 26.1 Å². The quantitative estimate of drug-likeness (QED) is 0.0296. The van der Waals surface area contributed by atoms with Crippen LogP contribution in [0.15, 0.2) is 0 Å². The Morgan fingerprint density at radius 2 is 0.612 bits per heavy atom. The maximum atomic E-state index is 12.5. The van der Waals surface area contributed by atoms with Gasteiger partial charge in [0.15, 0.2) is 0 Å². The number of hydrogen-bond donors (Lipinski definition) is 3. The minimum absolute atomic E-state index is 0.0289. The number of esters is 4. The van der Waals surface area contributed by atoms with Crippen LogP contribution in [0.25, 0.3) is 0 Å². The molecule has 0 aromatic carbocycles. The molecule has 500 valence electrons. The molecule has 3 rings (SSSR count). The first-order valence-electron chi connectivity index (χ1n) is 35.8. The van der Waals surface area contributed by atoms with Gasteiger partial charge in [-0.05, 0) is 170 Å². The van der Waals surface area contributed by atoms with E-state index in [0.717, 1.165) is 180 Å². The molecule has 0 spiro atoms. The smallest absolute Gasteiger partial charge is 0.308 e. The third-order valence-electron chi connectivity index (χ3n) is 17.6. The molecule has 0 aromatic heterocycles. The fourth-order valence-electron chi connectivity index (χ4n) is 12.2. The van der Waals surface area contributed by atoms with Gasteiger partial charge in [-0.2, -0.15) is 0 Å². The Morgan fingerprint density at radius 1 is 0.353 bits per heavy atom. The number of rotatable bonds is 51. The largest absolute Gasteiger partial charge is 0.481 e. The van der Waals surface area contributed by atoms with Gasteiger partial charge < -0.3 is 44.1 Å². The zero-order chi connectivity index (χ0) is 62.1. The summed E-state index contributed by atoms with van der Waals surface area (Å²) in [6, 6.07) is 0. The van der Waals surface area contributed by atoms with Crippen LogP contribution >= 0.6 is 0 Å². The van der Waals surface area contributed by atoms with E-state index in [9.17, 15) is 24.0 Å². The first-order valence-corrected chi connectivity index (χ1v) is 35.8. The standard InChI is InChI=1S/C39H71NO6.C25H51NO4.C7H12O2/c1-40(2)31-23-30-37(41)46-36(28-19-9-5-3-7-11-21-32-44-38(42)34-24-15-13-16-25-34)29-20-10-6-4-8-12-22-33-45-39(43)35-26-17-14-18-27-35;1-26(2)21-17-20-25(29)30-24(18-13-9-5-3-7-11-15-22-27)19-14-10-6-4-8-12-16-23-28;8-7(9)6-4-2-1-3-5-6/h34-36H,3-33H2,1-2H3;24,27-28H,3-23H2,1-2H3;6H,1-5H2,(H,8,9). The second-order valence-corrected chi connectivity index (χ2v) is 26.2. The molecule has 0 atom stereocenters. The van der Waals surface area contributed by atoms with Crippen LogP contribution in [0.3, 0.4) is 0 Å². The molecule has 0 saturated heterocycles. The summed E-state index contributed by atoms with van der Waals surface area (Å²) in [5.41, 5.74) is 0. The molecule has 0 radical (unpaired) electrons. The molecular weight excluding hydrogens is 1070 g/mol. The Balaban J connectivity index is 0.000000787. The van der Waals surface area contributed by atoms with Crippen molar-refractivity contribution in [2.24, 2.45) is 17.8 Å². The zero-order valence-corrected chi connectivity index (χ0v) is 55.6. The van der Waals surface area contributed by atoms with E-state index in [1.807, 2.05) is 28.2 Å². The molecule has 14 nitrogen and oxygen atoms in total. The highest BCUT2D eigenvalue weighted by atomic mass is 16.6. The number of carbonyl (C=O) groups excluding carboxylic acids is 4. The minimum atomic E-state index is -0.602. The summed E-state index contributed by atoms with van der Waals surface area (Å²) in [5.74, 6) is -0.327. The number of nitrogens with zero attached hydrogens (tertiary/aromatic N) is 2. The lowest BCUT2D eigenvalue weighted by Gasteiger charge is -2.19. The highest BCUT2D eigenvalue weighted by Crippen LogP contribution is 2.27. The van der Waals surface area contributed by atoms with Crippen molar-refractivity contribution in [3.63, 3.8) is 0 Å². The lowest BCUT2D eigenvalue weighted by molar-refractivity contribution is -0.151. The number of unbranched alkanes of at least 4 members (excludes halogenated alkanes) is 24. The van der Waals surface area contributed by atoms with E-state index in [-0.39, 0.29) is 53.8 Å². The van der Waals surface area contributed by atoms with Crippen LogP contribution in [0.1, 0.15) is 327 Å². The molecule has 0 unspecified atom stereocenters. The van der Waals surface area contributed by atoms with E-state index in [1.165, 1.54) is 148 Å². The van der Waals surface area contributed by atoms with E-state index < -0.39 is 5.97 Å². The van der Waals surface area contributed by atoms with Crippen molar-refractivity contribution in [1.29, 1.82) is 0 Å². The molecular formula is C71H134N2O12. The molecule has 0 amide bonds. The number of aliphatic hydroxyl groups excluding tert-OH is 2. The molecule has 0 bridgehead atoms. The van der Waals surface area contributed by atoms with Gasteiger partial charge >= 0.3 is 29.8 Å². The Morgan fingerprint density at radius 3 is 0.871 bits per heavy atom. The topological polar surface area (TPSA) is 189 Å². The number of aliphatic carboxylic acids is 1. The van der Waals surface area contributed by atoms with E-state index in [2.05, 4.69) is 9.80 Å². The maximum absolute atomic E-state index is 12.5. The van der Waals surface area contributed by atoms with Crippen LogP contribution in [0.4, 0.5) is 0 Å². The van der Waals surface area contributed by atoms with E-state index >= 15 is 0 Å². The summed E-state index contributed by atoms with van der Waals surface area (Å²) in [4.78, 5) is 63.6. The molecule has 3 N–H and O–H groups in total. The molecule has 85 heavy (non-hydrogen) atoms. The van der Waals surface area contributed by atoms with Crippen LogP contribution in [0, 0.1) is 17.8 Å². The van der Waals surface area contributed by atoms with E-state index in [1.54, 1.807) is 0 Å². The average molecular weight is 1210 g/mol. The van der Waals surface area contributed by atoms with Crippen LogP contribution in [-0.4, -0.2) is 135 Å². The number of ether oxygens (including phenoxy) is 4. The monoisotopic (exact) mass is 1210 g/mol. The minimum Gasteiger partial charge on any atom is -0.481 e. The highest BCUT2D eigenvalue weighted by Gasteiger charge is 2.24. The average Bonchev–Trinajstić information content (AvgIpc) is 3.50. The fourth-order valence-corrected chi connectivity index (χ4v) is 12.2. The van der Waals surface area contributed by atoms with Crippen molar-refractivity contribution in [2.75, 3.05) is 67.7 Å². The number of aliphatic hydroxyl groups is 2. The molecule has 0 heterocycles. The van der Waals surface area contributed by atoms with Gasteiger partial charge in [0.1, 0.15) is 12.2 Å². The second-order valence-electron chi connectivity index (χ2n) is 26.2. The summed E-state index contributed by atoms with van der Waals surface area (Å²) in [7, 11) is 8.13. The van der Waals surface area contributed by atoms with Crippen LogP contribution in [0.2, 0.25) is 0 Å². The molecule has 3 aliphatic carbocycles. The molecule has 14 heteroatoms. The van der Waals surface area contributed by atoms with Crippen LogP contribution in [0.5, 0.6) is 0 Å². The summed E-state index contributed by atoms with van der Waals surface area (Å²) in [5, 5.41) is 26.2. The number of hydrogen-bond acceptors (Lipinski definition) is 13. The van der Waals surface area contributed by atoms with Gasteiger partial charge in [-0.25, -0.2) is 0 Å². The third-order valence-corrected chi connectivity index (χ3v) is 17.6. The summed E-state index contributed by atoms with van der Waals surface area (Å²) < 4.78 is 22.8. The third kappa shape index (κ3) is 51.7. The van der Waals surface area contributed by atoms with Crippen molar-refractivity contribution in [3.05, 3.63) is 0 Å². The number of carboxylic acids is 1. The molecule has 3 saturated carbocycles. The van der Waals surface area contributed by atoms with Gasteiger partial charge in [-0.15, -0.1) is 0 Å². The highest BCUT2D eigenvalue weighted by molar-refractivity contribution is 5.73. The summed E-state index contributed by atoms with van der Waals surface area (Å²) >= 11 is 0. The van der Waals surface area contributed by atoms with Gasteiger partial charge in [-0.3, -0.25) is 24.0 Å². The fraction of sp³-hybridized carbons (Fsp3) is 0.930. The Labute approximate surface area is 520 Å². The molecule has 0 aromatic rings. The van der Waals surface area contributed by atoms with Crippen LogP contribution in [-0.2, 0) is 42.9 Å². The Kier molecular flexibility index (Phi) is 55.5.